The van der Waals surface area contributed by atoms with Crippen LogP contribution in [0.1, 0.15) is 17.3 Å². The molecule has 0 radical (unpaired) electrons. The number of carbonyl (C=O) groups excluding carboxylic acids is 1. The van der Waals surface area contributed by atoms with E-state index in [1.165, 1.54) is 11.0 Å². The molecule has 8 heteroatoms. The number of hydrogen-bond acceptors (Lipinski definition) is 4. The van der Waals surface area contributed by atoms with Crippen LogP contribution in [0.4, 0.5) is 8.78 Å². The van der Waals surface area contributed by atoms with Gasteiger partial charge in [0.2, 0.25) is 5.91 Å². The summed E-state index contributed by atoms with van der Waals surface area (Å²) in [6.07, 6.45) is 1.73. The lowest BCUT2D eigenvalue weighted by Gasteiger charge is -2.33. The van der Waals surface area contributed by atoms with Crippen molar-refractivity contribution < 1.29 is 18.3 Å². The van der Waals surface area contributed by atoms with Gasteiger partial charge in [-0.25, -0.2) is 8.78 Å². The monoisotopic (exact) mass is 364 g/mol. The molecule has 0 bridgehead atoms. The topological polar surface area (TPSA) is 50.6 Å². The number of carbonyl (C=O) groups is 1. The van der Waals surface area contributed by atoms with E-state index in [1.54, 1.807) is 26.4 Å². The van der Waals surface area contributed by atoms with Gasteiger partial charge in [0.25, 0.3) is 0 Å². The molecule has 1 aromatic carbocycles. The highest BCUT2D eigenvalue weighted by Crippen LogP contribution is 2.23. The second-order valence-corrected chi connectivity index (χ2v) is 6.64. The van der Waals surface area contributed by atoms with Crippen molar-refractivity contribution in [3.8, 4) is 0 Å². The number of likely N-dealkylation sites (N-methyl/N-ethyl adjacent to an activating group) is 1. The van der Waals surface area contributed by atoms with E-state index in [-0.39, 0.29) is 18.6 Å². The SMILES string of the molecule is CN(C)C(=O)COCC1CN(Cc2ccc(F)c(F)c2)Cc2ccnn21. The van der Waals surface area contributed by atoms with E-state index < -0.39 is 11.6 Å². The lowest BCUT2D eigenvalue weighted by atomic mass is 10.1. The molecule has 1 aliphatic rings. The third-order valence-corrected chi connectivity index (χ3v) is 4.38. The van der Waals surface area contributed by atoms with Crippen molar-refractivity contribution in [3.05, 3.63) is 53.4 Å². The third kappa shape index (κ3) is 4.25. The van der Waals surface area contributed by atoms with Gasteiger partial charge in [-0.05, 0) is 23.8 Å². The zero-order chi connectivity index (χ0) is 18.7. The smallest absolute Gasteiger partial charge is 0.248 e. The Bertz CT molecular complexity index is 778. The van der Waals surface area contributed by atoms with Gasteiger partial charge in [-0.15, -0.1) is 0 Å². The van der Waals surface area contributed by atoms with E-state index in [1.807, 2.05) is 10.7 Å². The fourth-order valence-electron chi connectivity index (χ4n) is 3.02. The molecule has 1 unspecified atom stereocenters. The summed E-state index contributed by atoms with van der Waals surface area (Å²) >= 11 is 0. The average molecular weight is 364 g/mol. The minimum Gasteiger partial charge on any atom is -0.369 e. The fourth-order valence-corrected chi connectivity index (χ4v) is 3.02. The number of amides is 1. The summed E-state index contributed by atoms with van der Waals surface area (Å²) in [7, 11) is 3.36. The summed E-state index contributed by atoms with van der Waals surface area (Å²) in [6, 6.07) is 5.84. The first kappa shape index (κ1) is 18.5. The number of fused-ring (bicyclic) bond motifs is 1. The molecule has 6 nitrogen and oxygen atoms in total. The Kier molecular flexibility index (Phi) is 5.63. The lowest BCUT2D eigenvalue weighted by molar-refractivity contribution is -0.134. The Morgan fingerprint density at radius 3 is 2.85 bits per heavy atom. The van der Waals surface area contributed by atoms with E-state index in [0.717, 1.165) is 11.8 Å². The predicted molar refractivity (Wildman–Crippen MR) is 91.2 cm³/mol. The molecule has 1 aromatic heterocycles. The number of halogens is 2. The van der Waals surface area contributed by atoms with Gasteiger partial charge in [0.05, 0.1) is 18.3 Å². The van der Waals surface area contributed by atoms with Gasteiger partial charge in [-0.1, -0.05) is 6.07 Å². The molecule has 0 fully saturated rings. The molecule has 1 amide bonds. The highest BCUT2D eigenvalue weighted by atomic mass is 19.2. The number of rotatable bonds is 6. The molecule has 2 heterocycles. The highest BCUT2D eigenvalue weighted by Gasteiger charge is 2.26. The van der Waals surface area contributed by atoms with Gasteiger partial charge in [0.1, 0.15) is 6.61 Å². The van der Waals surface area contributed by atoms with Crippen LogP contribution < -0.4 is 0 Å². The van der Waals surface area contributed by atoms with Crippen LogP contribution in [0.3, 0.4) is 0 Å². The molecular weight excluding hydrogens is 342 g/mol. The number of nitrogens with zero attached hydrogens (tertiary/aromatic N) is 4. The molecule has 140 valence electrons. The maximum atomic E-state index is 13.4. The molecule has 2 aromatic rings. The maximum Gasteiger partial charge on any atom is 0.248 e. The van der Waals surface area contributed by atoms with Crippen LogP contribution in [-0.4, -0.2) is 59.3 Å². The van der Waals surface area contributed by atoms with Crippen LogP contribution in [0.15, 0.2) is 30.5 Å². The van der Waals surface area contributed by atoms with Gasteiger partial charge in [-0.2, -0.15) is 5.10 Å². The summed E-state index contributed by atoms with van der Waals surface area (Å²) < 4.78 is 34.0. The van der Waals surface area contributed by atoms with Crippen molar-refractivity contribution in [2.24, 2.45) is 0 Å². The van der Waals surface area contributed by atoms with Crippen LogP contribution in [0.2, 0.25) is 0 Å². The molecular formula is C18H22F2N4O2. The van der Waals surface area contributed by atoms with Gasteiger partial charge in [-0.3, -0.25) is 14.4 Å². The van der Waals surface area contributed by atoms with Crippen molar-refractivity contribution in [2.45, 2.75) is 19.1 Å². The molecule has 0 aliphatic carbocycles. The van der Waals surface area contributed by atoms with E-state index in [9.17, 15) is 13.6 Å². The zero-order valence-electron chi connectivity index (χ0n) is 14.9. The van der Waals surface area contributed by atoms with Crippen LogP contribution in [-0.2, 0) is 22.6 Å². The second kappa shape index (κ2) is 7.92. The van der Waals surface area contributed by atoms with Crippen molar-refractivity contribution in [1.29, 1.82) is 0 Å². The van der Waals surface area contributed by atoms with Crippen LogP contribution in [0.25, 0.3) is 0 Å². The van der Waals surface area contributed by atoms with E-state index in [4.69, 9.17) is 4.74 Å². The average Bonchev–Trinajstić information content (AvgIpc) is 3.06. The number of ether oxygens (including phenoxy) is 1. The zero-order valence-corrected chi connectivity index (χ0v) is 14.9. The molecule has 3 rings (SSSR count). The standard InChI is InChI=1S/C18H22F2N4O2/c1-22(2)18(25)12-26-11-15-10-23(9-14-5-6-21-24(14)15)8-13-3-4-16(19)17(20)7-13/h3-7,15H,8-12H2,1-2H3. The van der Waals surface area contributed by atoms with Crippen LogP contribution in [0, 0.1) is 11.6 Å². The summed E-state index contributed by atoms with van der Waals surface area (Å²) in [5.74, 6) is -1.78. The largest absolute Gasteiger partial charge is 0.369 e. The second-order valence-electron chi connectivity index (χ2n) is 6.64. The Hall–Kier alpha value is -2.32. The molecule has 1 atom stereocenters. The molecule has 0 saturated carbocycles. The maximum absolute atomic E-state index is 13.4. The van der Waals surface area contributed by atoms with Gasteiger partial charge < -0.3 is 9.64 Å². The quantitative estimate of drug-likeness (QED) is 0.785. The third-order valence-electron chi connectivity index (χ3n) is 4.38. The number of benzene rings is 1. The first-order valence-electron chi connectivity index (χ1n) is 8.40. The normalized spacial score (nSPS) is 17.2. The first-order valence-corrected chi connectivity index (χ1v) is 8.40. The van der Waals surface area contributed by atoms with E-state index in [0.29, 0.717) is 31.8 Å². The summed E-state index contributed by atoms with van der Waals surface area (Å²) in [5, 5.41) is 4.34. The van der Waals surface area contributed by atoms with Crippen molar-refractivity contribution in [1.82, 2.24) is 19.6 Å². The molecule has 0 N–H and O–H groups in total. The molecule has 0 spiro atoms. The predicted octanol–water partition coefficient (Wildman–Crippen LogP) is 1.82. The van der Waals surface area contributed by atoms with Crippen molar-refractivity contribution in [3.63, 3.8) is 0 Å². The summed E-state index contributed by atoms with van der Waals surface area (Å²) in [5.41, 5.74) is 1.73. The fraction of sp³-hybridized carbons (Fsp3) is 0.444. The first-order chi connectivity index (χ1) is 12.4. The molecule has 1 aliphatic heterocycles. The Morgan fingerprint density at radius 2 is 2.12 bits per heavy atom. The minimum atomic E-state index is -0.845. The van der Waals surface area contributed by atoms with Gasteiger partial charge in [0, 0.05) is 39.9 Å². The van der Waals surface area contributed by atoms with Gasteiger partial charge >= 0.3 is 0 Å². The van der Waals surface area contributed by atoms with Crippen molar-refractivity contribution >= 4 is 5.91 Å². The summed E-state index contributed by atoms with van der Waals surface area (Å²) in [6.45, 7) is 2.16. The van der Waals surface area contributed by atoms with Crippen molar-refractivity contribution in [2.75, 3.05) is 33.9 Å². The minimum absolute atomic E-state index is 0.0171. The Labute approximate surface area is 151 Å². The highest BCUT2D eigenvalue weighted by molar-refractivity contribution is 5.76. The lowest BCUT2D eigenvalue weighted by Crippen LogP contribution is -2.39. The molecule has 26 heavy (non-hydrogen) atoms. The van der Waals surface area contributed by atoms with Gasteiger partial charge in [0.15, 0.2) is 11.6 Å². The number of hydrogen-bond donors (Lipinski definition) is 0. The Morgan fingerprint density at radius 1 is 1.31 bits per heavy atom. The van der Waals surface area contributed by atoms with Crippen LogP contribution in [0.5, 0.6) is 0 Å². The van der Waals surface area contributed by atoms with E-state index in [2.05, 4.69) is 10.00 Å². The summed E-state index contributed by atoms with van der Waals surface area (Å²) in [4.78, 5) is 15.3. The van der Waals surface area contributed by atoms with Crippen LogP contribution >= 0.6 is 0 Å². The van der Waals surface area contributed by atoms with E-state index >= 15 is 0 Å². The molecule has 0 saturated heterocycles. The Balaban J connectivity index is 1.65. The number of aromatic nitrogens is 2.